The molecule has 0 aliphatic rings. The van der Waals surface area contributed by atoms with Crippen LogP contribution in [0, 0.1) is 0 Å². The first kappa shape index (κ1) is 9.98. The molecule has 0 saturated carbocycles. The smallest absolute Gasteiger partial charge is 0.246 e. The van der Waals surface area contributed by atoms with E-state index in [0.29, 0.717) is 18.1 Å². The Morgan fingerprint density at radius 1 is 1.69 bits per heavy atom. The lowest BCUT2D eigenvalue weighted by Crippen LogP contribution is -2.23. The number of carbonyl (C=O) groups is 1. The van der Waals surface area contributed by atoms with Gasteiger partial charge in [-0.3, -0.25) is 4.79 Å². The molecule has 0 aliphatic carbocycles. The number of nitrogens with zero attached hydrogens (tertiary/aromatic N) is 2. The number of carbonyl (C=O) groups excluding carboxylic acids is 1. The van der Waals surface area contributed by atoms with Gasteiger partial charge in [0.25, 0.3) is 0 Å². The van der Waals surface area contributed by atoms with Gasteiger partial charge in [-0.05, 0) is 0 Å². The molecule has 13 heavy (non-hydrogen) atoms. The van der Waals surface area contributed by atoms with Crippen LogP contribution in [0.4, 0.5) is 0 Å². The molecule has 0 unspecified atom stereocenters. The van der Waals surface area contributed by atoms with Crippen molar-refractivity contribution in [2.75, 3.05) is 5.88 Å². The topological polar surface area (TPSA) is 68.0 Å². The van der Waals surface area contributed by atoms with Gasteiger partial charge in [-0.25, -0.2) is 0 Å². The second kappa shape index (κ2) is 4.81. The van der Waals surface area contributed by atoms with Crippen LogP contribution in [-0.4, -0.2) is 21.9 Å². The summed E-state index contributed by atoms with van der Waals surface area (Å²) in [4.78, 5) is 14.7. The van der Waals surface area contributed by atoms with Gasteiger partial charge < -0.3 is 9.84 Å². The first-order valence-electron chi connectivity index (χ1n) is 3.90. The van der Waals surface area contributed by atoms with E-state index in [0.717, 1.165) is 0 Å². The third kappa shape index (κ3) is 3.02. The van der Waals surface area contributed by atoms with Gasteiger partial charge in [-0.1, -0.05) is 12.1 Å². The minimum absolute atomic E-state index is 0.0607. The van der Waals surface area contributed by atoms with Crippen LogP contribution in [0.5, 0.6) is 0 Å². The maximum atomic E-state index is 10.7. The summed E-state index contributed by atoms with van der Waals surface area (Å²) in [6, 6.07) is 0. The van der Waals surface area contributed by atoms with Crippen molar-refractivity contribution in [1.82, 2.24) is 15.5 Å². The summed E-state index contributed by atoms with van der Waals surface area (Å²) in [6.45, 7) is 2.16. The Morgan fingerprint density at radius 2 is 2.46 bits per heavy atom. The molecular formula is C7H10ClN3O2. The largest absolute Gasteiger partial charge is 0.346 e. The Hall–Kier alpha value is -1.10. The Morgan fingerprint density at radius 3 is 3.00 bits per heavy atom. The summed E-state index contributed by atoms with van der Waals surface area (Å²) in [5, 5.41) is 6.19. The highest BCUT2D eigenvalue weighted by atomic mass is 35.5. The Bertz CT molecular complexity index is 287. The highest BCUT2D eigenvalue weighted by Crippen LogP contribution is 1.96. The van der Waals surface area contributed by atoms with Crippen molar-refractivity contribution in [2.45, 2.75) is 19.9 Å². The van der Waals surface area contributed by atoms with E-state index in [1.54, 1.807) is 0 Å². The van der Waals surface area contributed by atoms with Gasteiger partial charge in [0.1, 0.15) is 5.88 Å². The number of alkyl halides is 1. The van der Waals surface area contributed by atoms with Gasteiger partial charge in [0.05, 0.1) is 6.54 Å². The van der Waals surface area contributed by atoms with E-state index in [2.05, 4.69) is 15.5 Å². The molecule has 0 aromatic carbocycles. The number of hydrogen-bond donors (Lipinski definition) is 1. The van der Waals surface area contributed by atoms with Gasteiger partial charge in [-0.15, -0.1) is 11.6 Å². The summed E-state index contributed by atoms with van der Waals surface area (Å²) in [7, 11) is 0. The van der Waals surface area contributed by atoms with E-state index >= 15 is 0 Å². The third-order valence-electron chi connectivity index (χ3n) is 1.38. The number of hydrogen-bond acceptors (Lipinski definition) is 4. The molecule has 0 bridgehead atoms. The van der Waals surface area contributed by atoms with Crippen LogP contribution in [0.2, 0.25) is 0 Å². The zero-order valence-electron chi connectivity index (χ0n) is 7.21. The van der Waals surface area contributed by atoms with E-state index in [4.69, 9.17) is 16.1 Å². The average molecular weight is 204 g/mol. The van der Waals surface area contributed by atoms with Gasteiger partial charge in [0.2, 0.25) is 11.8 Å². The fourth-order valence-electron chi connectivity index (χ4n) is 0.727. The van der Waals surface area contributed by atoms with Gasteiger partial charge >= 0.3 is 0 Å². The zero-order chi connectivity index (χ0) is 9.68. The molecule has 0 atom stereocenters. The number of nitrogens with one attached hydrogen (secondary N) is 1. The predicted octanol–water partition coefficient (Wildman–Crippen LogP) is 0.487. The van der Waals surface area contributed by atoms with Crippen molar-refractivity contribution in [3.8, 4) is 0 Å². The summed E-state index contributed by atoms with van der Waals surface area (Å²) in [5.41, 5.74) is 0. The Balaban J connectivity index is 2.41. The fourth-order valence-corrected chi connectivity index (χ4v) is 0.821. The highest BCUT2D eigenvalue weighted by Gasteiger charge is 2.05. The van der Waals surface area contributed by atoms with E-state index in [1.165, 1.54) is 0 Å². The molecule has 6 heteroatoms. The molecule has 1 aromatic rings. The van der Waals surface area contributed by atoms with Gasteiger partial charge in [0, 0.05) is 6.42 Å². The van der Waals surface area contributed by atoms with Crippen LogP contribution in [-0.2, 0) is 17.8 Å². The van der Waals surface area contributed by atoms with Crippen LogP contribution >= 0.6 is 11.6 Å². The number of aryl methyl sites for hydroxylation is 1. The molecule has 1 heterocycles. The minimum Gasteiger partial charge on any atom is -0.346 e. The normalized spacial score (nSPS) is 10.0. The lowest BCUT2D eigenvalue weighted by molar-refractivity contribution is -0.118. The fraction of sp³-hybridized carbons (Fsp3) is 0.571. The summed E-state index contributed by atoms with van der Waals surface area (Å²) in [5.74, 6) is 0.720. The highest BCUT2D eigenvalue weighted by molar-refractivity contribution is 6.27. The molecule has 0 saturated heterocycles. The van der Waals surface area contributed by atoms with Crippen LogP contribution in [0.1, 0.15) is 18.6 Å². The lowest BCUT2D eigenvalue weighted by atomic mass is 10.5. The standard InChI is InChI=1S/C7H10ClN3O2/c1-2-5-10-7(13-11-5)4-9-6(12)3-8/h2-4H2,1H3,(H,9,12). The Kier molecular flexibility index (Phi) is 3.70. The lowest BCUT2D eigenvalue weighted by Gasteiger charge is -1.95. The second-order valence-electron chi connectivity index (χ2n) is 2.37. The van der Waals surface area contributed by atoms with Gasteiger partial charge in [0.15, 0.2) is 5.82 Å². The molecule has 0 spiro atoms. The van der Waals surface area contributed by atoms with E-state index in [1.807, 2.05) is 6.92 Å². The molecule has 0 fully saturated rings. The van der Waals surface area contributed by atoms with Crippen molar-refractivity contribution < 1.29 is 9.32 Å². The third-order valence-corrected chi connectivity index (χ3v) is 1.63. The van der Waals surface area contributed by atoms with Crippen LogP contribution in [0.25, 0.3) is 0 Å². The van der Waals surface area contributed by atoms with Crippen LogP contribution in [0.3, 0.4) is 0 Å². The van der Waals surface area contributed by atoms with Crippen molar-refractivity contribution in [1.29, 1.82) is 0 Å². The van der Waals surface area contributed by atoms with Crippen LogP contribution < -0.4 is 5.32 Å². The number of aromatic nitrogens is 2. The summed E-state index contributed by atoms with van der Waals surface area (Å²) < 4.78 is 4.83. The van der Waals surface area contributed by atoms with Gasteiger partial charge in [-0.2, -0.15) is 4.98 Å². The maximum Gasteiger partial charge on any atom is 0.246 e. The molecule has 1 amide bonds. The molecule has 72 valence electrons. The zero-order valence-corrected chi connectivity index (χ0v) is 7.97. The van der Waals surface area contributed by atoms with Crippen molar-refractivity contribution in [3.05, 3.63) is 11.7 Å². The predicted molar refractivity (Wildman–Crippen MR) is 46.2 cm³/mol. The van der Waals surface area contributed by atoms with E-state index in [9.17, 15) is 4.79 Å². The molecule has 1 aromatic heterocycles. The molecule has 0 aliphatic heterocycles. The number of rotatable bonds is 4. The molecule has 1 N–H and O–H groups in total. The van der Waals surface area contributed by atoms with Crippen molar-refractivity contribution in [3.63, 3.8) is 0 Å². The van der Waals surface area contributed by atoms with Crippen molar-refractivity contribution >= 4 is 17.5 Å². The first-order valence-corrected chi connectivity index (χ1v) is 4.43. The van der Waals surface area contributed by atoms with E-state index in [-0.39, 0.29) is 18.3 Å². The Labute approximate surface area is 80.5 Å². The molecule has 0 radical (unpaired) electrons. The van der Waals surface area contributed by atoms with E-state index < -0.39 is 0 Å². The molecular weight excluding hydrogens is 194 g/mol. The van der Waals surface area contributed by atoms with Crippen LogP contribution in [0.15, 0.2) is 4.52 Å². The minimum atomic E-state index is -0.252. The summed E-state index contributed by atoms with van der Waals surface area (Å²) in [6.07, 6.45) is 0.715. The average Bonchev–Trinajstić information content (AvgIpc) is 2.61. The maximum absolute atomic E-state index is 10.7. The monoisotopic (exact) mass is 203 g/mol. The van der Waals surface area contributed by atoms with Crippen molar-refractivity contribution in [2.24, 2.45) is 0 Å². The summed E-state index contributed by atoms with van der Waals surface area (Å²) >= 11 is 5.27. The number of amides is 1. The SMILES string of the molecule is CCc1noc(CNC(=O)CCl)n1. The molecule has 1 rings (SSSR count). The molecule has 5 nitrogen and oxygen atoms in total. The quantitative estimate of drug-likeness (QED) is 0.724. The second-order valence-corrected chi connectivity index (χ2v) is 2.64. The first-order chi connectivity index (χ1) is 6.26. The number of halogens is 1.